The highest BCUT2D eigenvalue weighted by Gasteiger charge is 2.18. The smallest absolute Gasteiger partial charge is 0.264 e. The number of nitrogens with zero attached hydrogens (tertiary/aromatic N) is 1. The van der Waals surface area contributed by atoms with Gasteiger partial charge in [-0.25, -0.2) is 8.42 Å². The Kier molecular flexibility index (Phi) is 2.98. The van der Waals surface area contributed by atoms with Crippen LogP contribution in [0.4, 0.5) is 0 Å². The van der Waals surface area contributed by atoms with Gasteiger partial charge in [0, 0.05) is 16.2 Å². The second-order valence-corrected chi connectivity index (χ2v) is 5.11. The first-order valence-electron chi connectivity index (χ1n) is 3.57. The highest BCUT2D eigenvalue weighted by molar-refractivity contribution is 8.13. The fourth-order valence-electron chi connectivity index (χ4n) is 0.974. The zero-order valence-electron chi connectivity index (χ0n) is 7.14. The molecule has 1 rings (SSSR count). The van der Waals surface area contributed by atoms with E-state index in [1.54, 1.807) is 6.07 Å². The van der Waals surface area contributed by atoms with Crippen LogP contribution in [-0.4, -0.2) is 19.8 Å². The third kappa shape index (κ3) is 2.26. The molecule has 1 aromatic carbocycles. The first kappa shape index (κ1) is 11.5. The third-order valence-corrected chi connectivity index (χ3v) is 2.99. The maximum Gasteiger partial charge on any atom is 0.264 e. The molecule has 1 aromatic rings. The molecule has 0 atom stereocenters. The maximum atomic E-state index is 10.9. The summed E-state index contributed by atoms with van der Waals surface area (Å²) in [4.78, 5) is 9.91. The Labute approximate surface area is 89.9 Å². The van der Waals surface area contributed by atoms with Crippen molar-refractivity contribution < 1.29 is 18.3 Å². The Hall–Kier alpha value is -1.58. The zero-order valence-corrected chi connectivity index (χ0v) is 8.71. The van der Waals surface area contributed by atoms with Crippen LogP contribution < -0.4 is 0 Å². The van der Waals surface area contributed by atoms with Crippen LogP contribution in [-0.2, 0) is 9.05 Å². The number of phenolic OH excluding ortho intramolecular Hbond substituents is 1. The second-order valence-electron chi connectivity index (χ2n) is 2.57. The number of benzene rings is 1. The van der Waals surface area contributed by atoms with Gasteiger partial charge in [-0.3, -0.25) is 4.79 Å². The minimum atomic E-state index is -4.14. The Balaban J connectivity index is 3.62. The number of nitriles is 1. The van der Waals surface area contributed by atoms with E-state index in [1.165, 1.54) is 0 Å². The quantitative estimate of drug-likeness (QED) is 0.620. The van der Waals surface area contributed by atoms with E-state index < -0.39 is 19.7 Å². The Morgan fingerprint density at radius 2 is 2.07 bits per heavy atom. The molecule has 0 unspecified atom stereocenters. The highest BCUT2D eigenvalue weighted by Crippen LogP contribution is 2.28. The van der Waals surface area contributed by atoms with Gasteiger partial charge < -0.3 is 5.11 Å². The van der Waals surface area contributed by atoms with E-state index in [1.807, 2.05) is 0 Å². The molecule has 15 heavy (non-hydrogen) atoms. The lowest BCUT2D eigenvalue weighted by atomic mass is 10.1. The zero-order chi connectivity index (χ0) is 11.6. The van der Waals surface area contributed by atoms with Gasteiger partial charge in [0.15, 0.2) is 6.29 Å². The Morgan fingerprint density at radius 3 is 2.47 bits per heavy atom. The van der Waals surface area contributed by atoms with E-state index in [9.17, 15) is 18.3 Å². The number of hydrogen-bond acceptors (Lipinski definition) is 5. The van der Waals surface area contributed by atoms with Gasteiger partial charge >= 0.3 is 0 Å². The van der Waals surface area contributed by atoms with Crippen LogP contribution in [0.1, 0.15) is 15.9 Å². The van der Waals surface area contributed by atoms with E-state index in [2.05, 4.69) is 0 Å². The van der Waals surface area contributed by atoms with Gasteiger partial charge in [-0.15, -0.1) is 0 Å². The molecular weight excluding hydrogens is 242 g/mol. The molecule has 0 saturated heterocycles. The van der Waals surface area contributed by atoms with Crippen molar-refractivity contribution in [2.45, 2.75) is 4.90 Å². The molecule has 0 fully saturated rings. The summed E-state index contributed by atoms with van der Waals surface area (Å²) in [7, 11) is 0.865. The Bertz CT molecular complexity index is 559. The number of rotatable bonds is 2. The van der Waals surface area contributed by atoms with Crippen molar-refractivity contribution in [2.24, 2.45) is 0 Å². The van der Waals surface area contributed by atoms with Crippen LogP contribution in [0.5, 0.6) is 5.75 Å². The predicted molar refractivity (Wildman–Crippen MR) is 51.2 cm³/mol. The van der Waals surface area contributed by atoms with Gasteiger partial charge in [0.1, 0.15) is 16.7 Å². The van der Waals surface area contributed by atoms with Crippen LogP contribution in [0, 0.1) is 11.3 Å². The monoisotopic (exact) mass is 245 g/mol. The average Bonchev–Trinajstić information content (AvgIpc) is 2.15. The van der Waals surface area contributed by atoms with Crippen molar-refractivity contribution in [3.63, 3.8) is 0 Å². The molecule has 5 nitrogen and oxygen atoms in total. The SMILES string of the molecule is N#Cc1cc(O)c(S(=O)(=O)Cl)cc1C=O. The molecular formula is C8H4ClNO4S. The van der Waals surface area contributed by atoms with Crippen LogP contribution in [0.2, 0.25) is 0 Å². The molecule has 0 spiro atoms. The molecule has 0 radical (unpaired) electrons. The number of carbonyl (C=O) groups excluding carboxylic acids is 1. The van der Waals surface area contributed by atoms with Gasteiger partial charge in [0.2, 0.25) is 0 Å². The predicted octanol–water partition coefficient (Wildman–Crippen LogP) is 1.00. The maximum absolute atomic E-state index is 10.9. The van der Waals surface area contributed by atoms with Gasteiger partial charge in [-0.2, -0.15) is 5.26 Å². The summed E-state index contributed by atoms with van der Waals surface area (Å²) >= 11 is 0. The van der Waals surface area contributed by atoms with E-state index in [0.717, 1.165) is 12.1 Å². The molecule has 0 amide bonds. The summed E-state index contributed by atoms with van der Waals surface area (Å²) in [6.07, 6.45) is 0.309. The summed E-state index contributed by atoms with van der Waals surface area (Å²) in [6.45, 7) is 0. The topological polar surface area (TPSA) is 95.2 Å². The van der Waals surface area contributed by atoms with Gasteiger partial charge in [-0.1, -0.05) is 0 Å². The van der Waals surface area contributed by atoms with Crippen LogP contribution >= 0.6 is 10.7 Å². The Morgan fingerprint density at radius 1 is 1.47 bits per heavy atom. The van der Waals surface area contributed by atoms with Crippen molar-refractivity contribution in [1.29, 1.82) is 5.26 Å². The third-order valence-electron chi connectivity index (χ3n) is 1.64. The van der Waals surface area contributed by atoms with Crippen molar-refractivity contribution in [3.05, 3.63) is 23.3 Å². The molecule has 0 bridgehead atoms. The first-order chi connectivity index (χ1) is 6.90. The van der Waals surface area contributed by atoms with Crippen LogP contribution in [0.3, 0.4) is 0 Å². The standard InChI is InChI=1S/C8H4ClNO4S/c9-15(13,14)8-2-6(4-11)5(3-10)1-7(8)12/h1-2,4,12H. The molecule has 1 N–H and O–H groups in total. The van der Waals surface area contributed by atoms with E-state index in [4.69, 9.17) is 15.9 Å². The van der Waals surface area contributed by atoms with Gasteiger partial charge in [-0.05, 0) is 12.1 Å². The number of hydrogen-bond donors (Lipinski definition) is 1. The molecule has 78 valence electrons. The van der Waals surface area contributed by atoms with Crippen molar-refractivity contribution in [3.8, 4) is 11.8 Å². The molecule has 7 heteroatoms. The van der Waals surface area contributed by atoms with Gasteiger partial charge in [0.05, 0.1) is 5.56 Å². The van der Waals surface area contributed by atoms with E-state index in [-0.39, 0.29) is 11.1 Å². The summed E-state index contributed by atoms with van der Waals surface area (Å²) in [5.74, 6) is -0.660. The molecule has 0 aliphatic rings. The minimum Gasteiger partial charge on any atom is -0.506 e. The van der Waals surface area contributed by atoms with Crippen molar-refractivity contribution in [2.75, 3.05) is 0 Å². The second kappa shape index (κ2) is 3.88. The first-order valence-corrected chi connectivity index (χ1v) is 5.88. The number of aromatic hydroxyl groups is 1. The number of phenols is 1. The highest BCUT2D eigenvalue weighted by atomic mass is 35.7. The van der Waals surface area contributed by atoms with E-state index in [0.29, 0.717) is 6.29 Å². The van der Waals surface area contributed by atoms with Crippen molar-refractivity contribution in [1.82, 2.24) is 0 Å². The summed E-state index contributed by atoms with van der Waals surface area (Å²) in [5, 5.41) is 17.8. The molecule has 0 aliphatic carbocycles. The fraction of sp³-hybridized carbons (Fsp3) is 0. The number of halogens is 1. The average molecular weight is 246 g/mol. The van der Waals surface area contributed by atoms with Crippen LogP contribution in [0.25, 0.3) is 0 Å². The molecule has 0 heterocycles. The summed E-state index contributed by atoms with van der Waals surface area (Å²) in [5.41, 5.74) is -0.263. The molecule has 0 aliphatic heterocycles. The summed E-state index contributed by atoms with van der Waals surface area (Å²) < 4.78 is 21.9. The molecule has 0 saturated carbocycles. The number of carbonyl (C=O) groups is 1. The lowest BCUT2D eigenvalue weighted by Gasteiger charge is -2.02. The molecule has 0 aromatic heterocycles. The summed E-state index contributed by atoms with van der Waals surface area (Å²) in [6, 6.07) is 3.36. The fourth-order valence-corrected chi connectivity index (χ4v) is 1.92. The lowest BCUT2D eigenvalue weighted by molar-refractivity contribution is 0.112. The number of aldehydes is 1. The van der Waals surface area contributed by atoms with Gasteiger partial charge in [0.25, 0.3) is 9.05 Å². The normalized spacial score (nSPS) is 10.7. The lowest BCUT2D eigenvalue weighted by Crippen LogP contribution is -1.96. The minimum absolute atomic E-state index is 0.119. The van der Waals surface area contributed by atoms with Crippen LogP contribution in [0.15, 0.2) is 17.0 Å². The van der Waals surface area contributed by atoms with Crippen molar-refractivity contribution >= 4 is 26.0 Å². The van der Waals surface area contributed by atoms with E-state index >= 15 is 0 Å². The largest absolute Gasteiger partial charge is 0.506 e.